The zero-order chi connectivity index (χ0) is 19.0. The molecule has 0 unspecified atom stereocenters. The molecule has 0 aliphatic carbocycles. The summed E-state index contributed by atoms with van der Waals surface area (Å²) >= 11 is 1.48. The lowest BCUT2D eigenvalue weighted by molar-refractivity contribution is -0.149. The molecule has 0 bridgehead atoms. The molecule has 2 aromatic rings. The Bertz CT molecular complexity index is 917. The molecule has 2 N–H and O–H groups in total. The second kappa shape index (κ2) is 7.19. The van der Waals surface area contributed by atoms with Crippen LogP contribution in [0.3, 0.4) is 0 Å². The molecule has 0 spiro atoms. The van der Waals surface area contributed by atoms with Crippen LogP contribution in [0.1, 0.15) is 42.5 Å². The van der Waals surface area contributed by atoms with Gasteiger partial charge in [-0.3, -0.25) is 14.4 Å². The number of amides is 1. The van der Waals surface area contributed by atoms with Gasteiger partial charge in [-0.25, -0.2) is 4.98 Å². The minimum Gasteiger partial charge on any atom is -0.481 e. The van der Waals surface area contributed by atoms with E-state index in [1.807, 2.05) is 13.8 Å². The predicted molar refractivity (Wildman–Crippen MR) is 99.6 cm³/mol. The molecule has 0 radical (unpaired) electrons. The summed E-state index contributed by atoms with van der Waals surface area (Å²) in [5.41, 5.74) is 0.778. The van der Waals surface area contributed by atoms with Crippen LogP contribution in [0.4, 0.5) is 0 Å². The number of aromatic nitrogens is 2. The lowest BCUT2D eigenvalue weighted by Gasteiger charge is -2.37. The van der Waals surface area contributed by atoms with Crippen LogP contribution in [0.5, 0.6) is 0 Å². The molecule has 3 heterocycles. The molecule has 2 atom stereocenters. The van der Waals surface area contributed by atoms with Crippen molar-refractivity contribution in [3.63, 3.8) is 0 Å². The van der Waals surface area contributed by atoms with Crippen LogP contribution in [-0.2, 0) is 16.0 Å². The predicted octanol–water partition coefficient (Wildman–Crippen LogP) is 2.25. The Morgan fingerprint density at radius 3 is 2.81 bits per heavy atom. The number of H-pyrrole nitrogens is 1. The fourth-order valence-electron chi connectivity index (χ4n) is 3.61. The highest BCUT2D eigenvalue weighted by atomic mass is 32.1. The third-order valence-electron chi connectivity index (χ3n) is 5.29. The van der Waals surface area contributed by atoms with E-state index in [9.17, 15) is 19.5 Å². The summed E-state index contributed by atoms with van der Waals surface area (Å²) in [4.78, 5) is 46.9. The zero-order valence-electron chi connectivity index (χ0n) is 15.2. The van der Waals surface area contributed by atoms with Gasteiger partial charge >= 0.3 is 5.97 Å². The Labute approximate surface area is 155 Å². The zero-order valence-corrected chi connectivity index (χ0v) is 16.0. The second-order valence-corrected chi connectivity index (χ2v) is 8.09. The second-order valence-electron chi connectivity index (χ2n) is 6.89. The smallest absolute Gasteiger partial charge is 0.308 e. The van der Waals surface area contributed by atoms with E-state index in [4.69, 9.17) is 0 Å². The standard InChI is InChI=1S/C18H23N3O4S/c1-9-11(3)26-17-15(9)16(23)19-13(20-17)6-7-14(22)21-8-4-5-12(10(21)2)18(24)25/h10,12H,4-8H2,1-3H3,(H,24,25)(H,19,20,23)/t10-,12-/m1/s1. The van der Waals surface area contributed by atoms with Crippen LogP contribution in [0.15, 0.2) is 4.79 Å². The maximum atomic E-state index is 12.6. The van der Waals surface area contributed by atoms with Gasteiger partial charge in [0.1, 0.15) is 10.7 Å². The fourth-order valence-corrected chi connectivity index (χ4v) is 4.66. The lowest BCUT2D eigenvalue weighted by Crippen LogP contribution is -2.49. The number of rotatable bonds is 4. The van der Waals surface area contributed by atoms with Crippen molar-refractivity contribution >= 4 is 33.4 Å². The third kappa shape index (κ3) is 3.38. The monoisotopic (exact) mass is 377 g/mol. The molecule has 8 heteroatoms. The van der Waals surface area contributed by atoms with Crippen LogP contribution in [0.2, 0.25) is 0 Å². The number of fused-ring (bicyclic) bond motifs is 1. The van der Waals surface area contributed by atoms with E-state index in [1.165, 1.54) is 11.3 Å². The number of likely N-dealkylation sites (tertiary alicyclic amines) is 1. The van der Waals surface area contributed by atoms with Crippen LogP contribution in [0.25, 0.3) is 10.2 Å². The van der Waals surface area contributed by atoms with Gasteiger partial charge in [0.15, 0.2) is 0 Å². The number of carboxylic acid groups (broad SMARTS) is 1. The van der Waals surface area contributed by atoms with Crippen molar-refractivity contribution in [2.75, 3.05) is 6.54 Å². The molecule has 140 valence electrons. The van der Waals surface area contributed by atoms with Gasteiger partial charge in [-0.2, -0.15) is 0 Å². The van der Waals surface area contributed by atoms with Gasteiger partial charge in [-0.15, -0.1) is 11.3 Å². The summed E-state index contributed by atoms with van der Waals surface area (Å²) in [7, 11) is 0. The van der Waals surface area contributed by atoms with Crippen LogP contribution < -0.4 is 5.56 Å². The van der Waals surface area contributed by atoms with Crippen LogP contribution in [0, 0.1) is 19.8 Å². The Morgan fingerprint density at radius 1 is 1.38 bits per heavy atom. The molecule has 0 saturated carbocycles. The maximum absolute atomic E-state index is 12.6. The average Bonchev–Trinajstić information content (AvgIpc) is 2.87. The lowest BCUT2D eigenvalue weighted by atomic mass is 9.90. The van der Waals surface area contributed by atoms with Gasteiger partial charge < -0.3 is 15.0 Å². The number of hydrogen-bond acceptors (Lipinski definition) is 5. The molecule has 26 heavy (non-hydrogen) atoms. The first-order chi connectivity index (χ1) is 12.3. The minimum absolute atomic E-state index is 0.0928. The number of aryl methyl sites for hydroxylation is 3. The Morgan fingerprint density at radius 2 is 2.12 bits per heavy atom. The number of hydrogen-bond donors (Lipinski definition) is 2. The molecule has 1 aliphatic heterocycles. The van der Waals surface area contributed by atoms with Crippen molar-refractivity contribution in [3.8, 4) is 0 Å². The molecule has 1 aliphatic rings. The number of nitrogens with one attached hydrogen (secondary N) is 1. The van der Waals surface area contributed by atoms with E-state index in [-0.39, 0.29) is 23.9 Å². The molecular formula is C18H23N3O4S. The molecule has 2 aromatic heterocycles. The molecule has 1 saturated heterocycles. The third-order valence-corrected chi connectivity index (χ3v) is 6.39. The Hall–Kier alpha value is -2.22. The van der Waals surface area contributed by atoms with Crippen molar-refractivity contribution in [3.05, 3.63) is 26.6 Å². The largest absolute Gasteiger partial charge is 0.481 e. The highest BCUT2D eigenvalue weighted by molar-refractivity contribution is 7.18. The number of aliphatic carboxylic acids is 1. The SMILES string of the molecule is Cc1sc2nc(CCC(=O)N3CCC[C@@H](C(=O)O)[C@H]3C)[nH]c(=O)c2c1C. The first kappa shape index (κ1) is 18.6. The maximum Gasteiger partial charge on any atom is 0.308 e. The van der Waals surface area contributed by atoms with E-state index < -0.39 is 11.9 Å². The van der Waals surface area contributed by atoms with E-state index in [2.05, 4.69) is 9.97 Å². The summed E-state index contributed by atoms with van der Waals surface area (Å²) in [6.07, 6.45) is 1.83. The number of thiophene rings is 1. The number of carbonyl (C=O) groups is 2. The van der Waals surface area contributed by atoms with Gasteiger partial charge in [0.05, 0.1) is 11.3 Å². The summed E-state index contributed by atoms with van der Waals surface area (Å²) in [5.74, 6) is -0.963. The summed E-state index contributed by atoms with van der Waals surface area (Å²) < 4.78 is 0. The number of carbonyl (C=O) groups excluding carboxylic acids is 1. The van der Waals surface area contributed by atoms with Crippen molar-refractivity contribution in [1.82, 2.24) is 14.9 Å². The molecule has 1 amide bonds. The highest BCUT2D eigenvalue weighted by Crippen LogP contribution is 2.26. The summed E-state index contributed by atoms with van der Waals surface area (Å²) in [5, 5.41) is 9.91. The molecular weight excluding hydrogens is 354 g/mol. The first-order valence-electron chi connectivity index (χ1n) is 8.80. The highest BCUT2D eigenvalue weighted by Gasteiger charge is 2.35. The van der Waals surface area contributed by atoms with E-state index in [0.29, 0.717) is 41.8 Å². The average molecular weight is 377 g/mol. The van der Waals surface area contributed by atoms with Crippen molar-refractivity contribution < 1.29 is 14.7 Å². The van der Waals surface area contributed by atoms with Crippen LogP contribution in [-0.4, -0.2) is 44.4 Å². The van der Waals surface area contributed by atoms with E-state index in [0.717, 1.165) is 10.4 Å². The van der Waals surface area contributed by atoms with Gasteiger partial charge in [0.25, 0.3) is 5.56 Å². The molecule has 3 rings (SSSR count). The van der Waals surface area contributed by atoms with E-state index >= 15 is 0 Å². The van der Waals surface area contributed by atoms with Gasteiger partial charge in [-0.1, -0.05) is 0 Å². The van der Waals surface area contributed by atoms with Crippen molar-refractivity contribution in [1.29, 1.82) is 0 Å². The quantitative estimate of drug-likeness (QED) is 0.850. The van der Waals surface area contributed by atoms with Crippen molar-refractivity contribution in [2.45, 2.75) is 52.5 Å². The normalized spacial score (nSPS) is 20.5. The Balaban J connectivity index is 1.72. The van der Waals surface area contributed by atoms with Gasteiger partial charge in [0, 0.05) is 30.3 Å². The van der Waals surface area contributed by atoms with E-state index in [1.54, 1.807) is 11.8 Å². The minimum atomic E-state index is -0.852. The number of carboxylic acids is 1. The first-order valence-corrected chi connectivity index (χ1v) is 9.62. The van der Waals surface area contributed by atoms with Crippen LogP contribution >= 0.6 is 11.3 Å². The molecule has 7 nitrogen and oxygen atoms in total. The van der Waals surface area contributed by atoms with Crippen molar-refractivity contribution in [2.24, 2.45) is 5.92 Å². The number of nitrogens with zero attached hydrogens (tertiary/aromatic N) is 2. The number of aromatic amines is 1. The van der Waals surface area contributed by atoms with Gasteiger partial charge in [-0.05, 0) is 39.2 Å². The van der Waals surface area contributed by atoms with Gasteiger partial charge in [0.2, 0.25) is 5.91 Å². The topological polar surface area (TPSA) is 103 Å². The molecule has 1 fully saturated rings. The summed E-state index contributed by atoms with van der Waals surface area (Å²) in [6.45, 7) is 6.24. The summed E-state index contributed by atoms with van der Waals surface area (Å²) in [6, 6.07) is -0.314. The fraction of sp³-hybridized carbons (Fsp3) is 0.556. The number of piperidine rings is 1. The Kier molecular flexibility index (Phi) is 5.13. The molecule has 0 aromatic carbocycles.